The van der Waals surface area contributed by atoms with Gasteiger partial charge in [0.2, 0.25) is 10.0 Å². The average Bonchev–Trinajstić information content (AvgIpc) is 2.35. The molecule has 1 aromatic rings. The highest BCUT2D eigenvalue weighted by atomic mass is 79.9. The summed E-state index contributed by atoms with van der Waals surface area (Å²) in [6.45, 7) is 0.0970. The lowest BCUT2D eigenvalue weighted by molar-refractivity contribution is 0.0698. The van der Waals surface area contributed by atoms with Crippen molar-refractivity contribution in [1.29, 1.82) is 0 Å². The second-order valence-corrected chi connectivity index (χ2v) is 6.70. The maximum Gasteiger partial charge on any atom is 0.337 e. The van der Waals surface area contributed by atoms with Crippen LogP contribution in [-0.4, -0.2) is 44.9 Å². The predicted octanol–water partition coefficient (Wildman–Crippen LogP) is 0.818. The molecule has 0 bridgehead atoms. The molecule has 0 saturated carbocycles. The molecule has 0 aromatic heterocycles. The third-order valence-electron chi connectivity index (χ3n) is 2.26. The number of halogens is 1. The van der Waals surface area contributed by atoms with E-state index in [0.717, 1.165) is 6.26 Å². The third-order valence-corrected chi connectivity index (χ3v) is 3.65. The molecular formula is C11H14BrN3O5S. The Hall–Kier alpha value is -1.65. The summed E-state index contributed by atoms with van der Waals surface area (Å²) in [4.78, 5) is 22.7. The van der Waals surface area contributed by atoms with Gasteiger partial charge in [-0.1, -0.05) is 6.07 Å². The fraction of sp³-hybridized carbons (Fsp3) is 0.273. The van der Waals surface area contributed by atoms with Crippen LogP contribution in [0.5, 0.6) is 0 Å². The number of hydrogen-bond acceptors (Lipinski definition) is 4. The van der Waals surface area contributed by atoms with E-state index in [1.807, 2.05) is 0 Å². The van der Waals surface area contributed by atoms with Crippen LogP contribution in [-0.2, 0) is 10.0 Å². The maximum absolute atomic E-state index is 11.7. The molecule has 0 spiro atoms. The van der Waals surface area contributed by atoms with Gasteiger partial charge >= 0.3 is 12.0 Å². The van der Waals surface area contributed by atoms with Crippen molar-refractivity contribution in [3.63, 3.8) is 0 Å². The quantitative estimate of drug-likeness (QED) is 0.544. The number of carbonyl (C=O) groups is 2. The molecule has 116 valence electrons. The summed E-state index contributed by atoms with van der Waals surface area (Å²) < 4.78 is 24.3. The summed E-state index contributed by atoms with van der Waals surface area (Å²) in [6.07, 6.45) is 1.01. The zero-order chi connectivity index (χ0) is 16.0. The first kappa shape index (κ1) is 17.4. The maximum atomic E-state index is 11.7. The summed E-state index contributed by atoms with van der Waals surface area (Å²) in [6, 6.07) is 3.84. The Balaban J connectivity index is 2.61. The lowest BCUT2D eigenvalue weighted by atomic mass is 10.2. The minimum atomic E-state index is -3.31. The molecule has 0 unspecified atom stereocenters. The van der Waals surface area contributed by atoms with Crippen LogP contribution in [0.2, 0.25) is 0 Å². The van der Waals surface area contributed by atoms with E-state index in [0.29, 0.717) is 4.47 Å². The van der Waals surface area contributed by atoms with Gasteiger partial charge < -0.3 is 15.7 Å². The first-order valence-electron chi connectivity index (χ1n) is 5.72. The van der Waals surface area contributed by atoms with Crippen molar-refractivity contribution >= 4 is 43.6 Å². The Labute approximate surface area is 130 Å². The molecule has 21 heavy (non-hydrogen) atoms. The van der Waals surface area contributed by atoms with Crippen molar-refractivity contribution in [3.05, 3.63) is 28.2 Å². The van der Waals surface area contributed by atoms with Gasteiger partial charge in [0.25, 0.3) is 0 Å². The Bertz CT molecular complexity index is 647. The zero-order valence-electron chi connectivity index (χ0n) is 11.0. The van der Waals surface area contributed by atoms with Crippen molar-refractivity contribution in [1.82, 2.24) is 10.0 Å². The second-order valence-electron chi connectivity index (χ2n) is 4.01. The highest BCUT2D eigenvalue weighted by Gasteiger charge is 2.14. The van der Waals surface area contributed by atoms with Gasteiger partial charge in [-0.25, -0.2) is 22.7 Å². The first-order valence-corrected chi connectivity index (χ1v) is 8.40. The molecule has 1 rings (SSSR count). The molecule has 0 heterocycles. The summed E-state index contributed by atoms with van der Waals surface area (Å²) in [5, 5.41) is 13.8. The predicted molar refractivity (Wildman–Crippen MR) is 81.0 cm³/mol. The van der Waals surface area contributed by atoms with Gasteiger partial charge in [-0.05, 0) is 28.1 Å². The molecule has 0 saturated heterocycles. The molecule has 0 radical (unpaired) electrons. The molecular weight excluding hydrogens is 366 g/mol. The number of urea groups is 1. The van der Waals surface area contributed by atoms with Crippen molar-refractivity contribution in [3.8, 4) is 0 Å². The highest BCUT2D eigenvalue weighted by Crippen LogP contribution is 2.26. The molecule has 0 aliphatic rings. The molecule has 2 amide bonds. The fourth-order valence-electron chi connectivity index (χ4n) is 1.40. The number of sulfonamides is 1. The molecule has 0 aliphatic carbocycles. The van der Waals surface area contributed by atoms with E-state index in [2.05, 4.69) is 31.3 Å². The van der Waals surface area contributed by atoms with Crippen molar-refractivity contribution in [2.45, 2.75) is 0 Å². The normalized spacial score (nSPS) is 11.0. The van der Waals surface area contributed by atoms with E-state index in [1.54, 1.807) is 6.07 Å². The largest absolute Gasteiger partial charge is 0.478 e. The van der Waals surface area contributed by atoms with E-state index in [4.69, 9.17) is 5.11 Å². The van der Waals surface area contributed by atoms with Gasteiger partial charge in [-0.3, -0.25) is 0 Å². The third kappa shape index (κ3) is 6.10. The van der Waals surface area contributed by atoms with E-state index < -0.39 is 22.0 Å². The summed E-state index contributed by atoms with van der Waals surface area (Å²) in [7, 11) is -3.31. The standard InChI is InChI=1S/C11H14BrN3O5S/c1-21(19,20)14-6-5-13-11(18)15-9-7(10(16)17)3-2-4-8(9)12/h2-4,14H,5-6H2,1H3,(H,16,17)(H2,13,15,18). The Morgan fingerprint density at radius 3 is 2.52 bits per heavy atom. The minimum Gasteiger partial charge on any atom is -0.478 e. The van der Waals surface area contributed by atoms with Gasteiger partial charge in [-0.15, -0.1) is 0 Å². The number of hydrogen-bond donors (Lipinski definition) is 4. The number of para-hydroxylation sites is 1. The average molecular weight is 380 g/mol. The van der Waals surface area contributed by atoms with E-state index in [9.17, 15) is 18.0 Å². The van der Waals surface area contributed by atoms with Crippen LogP contribution in [0.3, 0.4) is 0 Å². The molecule has 0 atom stereocenters. The number of carbonyl (C=O) groups excluding carboxylic acids is 1. The Morgan fingerprint density at radius 2 is 1.95 bits per heavy atom. The Kier molecular flexibility index (Phi) is 6.12. The topological polar surface area (TPSA) is 125 Å². The number of amides is 2. The van der Waals surface area contributed by atoms with Crippen LogP contribution in [0.4, 0.5) is 10.5 Å². The summed E-state index contributed by atoms with van der Waals surface area (Å²) >= 11 is 3.15. The first-order chi connectivity index (χ1) is 9.70. The molecule has 0 aliphatic heterocycles. The van der Waals surface area contributed by atoms with Crippen molar-refractivity contribution < 1.29 is 23.1 Å². The van der Waals surface area contributed by atoms with Crippen LogP contribution < -0.4 is 15.4 Å². The number of nitrogens with one attached hydrogen (secondary N) is 3. The fourth-order valence-corrected chi connectivity index (χ4v) is 2.34. The van der Waals surface area contributed by atoms with Gasteiger partial charge in [0.15, 0.2) is 0 Å². The second kappa shape index (κ2) is 7.38. The number of benzene rings is 1. The molecule has 8 nitrogen and oxygen atoms in total. The number of anilines is 1. The summed E-state index contributed by atoms with van der Waals surface area (Å²) in [5.41, 5.74) is 0.0624. The highest BCUT2D eigenvalue weighted by molar-refractivity contribution is 9.10. The summed E-state index contributed by atoms with van der Waals surface area (Å²) in [5.74, 6) is -1.18. The van der Waals surface area contributed by atoms with E-state index in [-0.39, 0.29) is 24.3 Å². The number of carboxylic acid groups (broad SMARTS) is 1. The van der Waals surface area contributed by atoms with Crippen LogP contribution in [0.1, 0.15) is 10.4 Å². The smallest absolute Gasteiger partial charge is 0.337 e. The Morgan fingerprint density at radius 1 is 1.29 bits per heavy atom. The number of rotatable bonds is 6. The van der Waals surface area contributed by atoms with Crippen LogP contribution in [0.25, 0.3) is 0 Å². The van der Waals surface area contributed by atoms with Gasteiger partial charge in [0.1, 0.15) is 0 Å². The monoisotopic (exact) mass is 379 g/mol. The number of aromatic carboxylic acids is 1. The van der Waals surface area contributed by atoms with E-state index in [1.165, 1.54) is 12.1 Å². The zero-order valence-corrected chi connectivity index (χ0v) is 13.4. The molecule has 4 N–H and O–H groups in total. The number of carboxylic acids is 1. The van der Waals surface area contributed by atoms with Crippen LogP contribution in [0, 0.1) is 0 Å². The van der Waals surface area contributed by atoms with Crippen molar-refractivity contribution in [2.75, 3.05) is 24.7 Å². The van der Waals surface area contributed by atoms with Crippen LogP contribution in [0.15, 0.2) is 22.7 Å². The van der Waals surface area contributed by atoms with Gasteiger partial charge in [-0.2, -0.15) is 0 Å². The molecule has 1 aromatic carbocycles. The van der Waals surface area contributed by atoms with Crippen LogP contribution >= 0.6 is 15.9 Å². The SMILES string of the molecule is CS(=O)(=O)NCCNC(=O)Nc1c(Br)cccc1C(=O)O. The van der Waals surface area contributed by atoms with Crippen molar-refractivity contribution in [2.24, 2.45) is 0 Å². The van der Waals surface area contributed by atoms with Gasteiger partial charge in [0.05, 0.1) is 17.5 Å². The lowest BCUT2D eigenvalue weighted by Crippen LogP contribution is -2.36. The lowest BCUT2D eigenvalue weighted by Gasteiger charge is -2.11. The molecule has 10 heteroatoms. The van der Waals surface area contributed by atoms with Gasteiger partial charge in [0, 0.05) is 17.6 Å². The molecule has 0 fully saturated rings. The minimum absolute atomic E-state index is 0.0357. The van der Waals surface area contributed by atoms with E-state index >= 15 is 0 Å².